The number of thiophene rings is 1. The van der Waals surface area contributed by atoms with Crippen LogP contribution in [0.5, 0.6) is 0 Å². The molecule has 1 unspecified atom stereocenters. The van der Waals surface area contributed by atoms with Crippen molar-refractivity contribution in [3.8, 4) is 0 Å². The maximum absolute atomic E-state index is 13.3. The molecule has 0 bridgehead atoms. The lowest BCUT2D eigenvalue weighted by atomic mass is 10.1. The largest absolute Gasteiger partial charge is 0.377 e. The Bertz CT molecular complexity index is 874. The normalized spacial score (nSPS) is 15.8. The maximum Gasteiger partial charge on any atom is 0.264 e. The summed E-state index contributed by atoms with van der Waals surface area (Å²) in [6.07, 6.45) is 2.56. The third kappa shape index (κ3) is 6.55. The van der Waals surface area contributed by atoms with E-state index in [1.807, 2.05) is 73.5 Å². The van der Waals surface area contributed by atoms with E-state index < -0.39 is 0 Å². The van der Waals surface area contributed by atoms with Crippen molar-refractivity contribution >= 4 is 34.5 Å². The Kier molecular flexibility index (Phi) is 8.09. The molecule has 6 nitrogen and oxygen atoms in total. The van der Waals surface area contributed by atoms with Crippen molar-refractivity contribution < 1.29 is 14.3 Å². The first-order valence-electron chi connectivity index (χ1n) is 10.9. The molecule has 1 fully saturated rings. The summed E-state index contributed by atoms with van der Waals surface area (Å²) >= 11 is 1.46. The van der Waals surface area contributed by atoms with Crippen LogP contribution in [0, 0.1) is 5.92 Å². The third-order valence-corrected chi connectivity index (χ3v) is 6.12. The Morgan fingerprint density at radius 1 is 1.26 bits per heavy atom. The summed E-state index contributed by atoms with van der Waals surface area (Å²) in [5.41, 5.74) is 2.78. The van der Waals surface area contributed by atoms with Gasteiger partial charge in [-0.1, -0.05) is 19.9 Å². The molecule has 0 aliphatic carbocycles. The monoisotopic (exact) mass is 443 g/mol. The fourth-order valence-corrected chi connectivity index (χ4v) is 4.51. The van der Waals surface area contributed by atoms with Crippen molar-refractivity contribution in [1.82, 2.24) is 4.90 Å². The van der Waals surface area contributed by atoms with Gasteiger partial charge in [-0.05, 0) is 54.0 Å². The van der Waals surface area contributed by atoms with Crippen molar-refractivity contribution in [2.45, 2.75) is 45.8 Å². The highest BCUT2D eigenvalue weighted by Crippen LogP contribution is 2.27. The van der Waals surface area contributed by atoms with E-state index >= 15 is 0 Å². The fourth-order valence-electron chi connectivity index (χ4n) is 3.82. The summed E-state index contributed by atoms with van der Waals surface area (Å²) in [6, 6.07) is 9.67. The molecule has 0 radical (unpaired) electrons. The second-order valence-corrected chi connectivity index (χ2v) is 9.63. The minimum absolute atomic E-state index is 0.00410. The highest BCUT2D eigenvalue weighted by molar-refractivity contribution is 7.12. The van der Waals surface area contributed by atoms with Crippen LogP contribution in [-0.2, 0) is 16.1 Å². The topological polar surface area (TPSA) is 61.9 Å². The van der Waals surface area contributed by atoms with Gasteiger partial charge in [-0.2, -0.15) is 0 Å². The molecular weight excluding hydrogens is 410 g/mol. The van der Waals surface area contributed by atoms with Gasteiger partial charge < -0.3 is 19.9 Å². The van der Waals surface area contributed by atoms with E-state index in [9.17, 15) is 9.59 Å². The Morgan fingerprint density at radius 2 is 2.06 bits per heavy atom. The molecule has 2 heterocycles. The second-order valence-electron chi connectivity index (χ2n) is 8.68. The number of hydrogen-bond acceptors (Lipinski definition) is 5. The van der Waals surface area contributed by atoms with Gasteiger partial charge in [0.05, 0.1) is 11.0 Å². The van der Waals surface area contributed by atoms with E-state index in [2.05, 4.69) is 5.32 Å². The van der Waals surface area contributed by atoms with Crippen LogP contribution in [0.15, 0.2) is 35.7 Å². The van der Waals surface area contributed by atoms with Crippen LogP contribution < -0.4 is 10.2 Å². The highest BCUT2D eigenvalue weighted by atomic mass is 32.1. The summed E-state index contributed by atoms with van der Waals surface area (Å²) in [4.78, 5) is 30.2. The van der Waals surface area contributed by atoms with E-state index in [-0.39, 0.29) is 17.9 Å². The zero-order chi connectivity index (χ0) is 22.4. The minimum atomic E-state index is 0.00410. The summed E-state index contributed by atoms with van der Waals surface area (Å²) in [6.45, 7) is 5.83. The van der Waals surface area contributed by atoms with Crippen LogP contribution in [-0.4, -0.2) is 50.1 Å². The zero-order valence-corrected chi connectivity index (χ0v) is 19.7. The molecule has 0 saturated carbocycles. The van der Waals surface area contributed by atoms with Crippen molar-refractivity contribution in [3.63, 3.8) is 0 Å². The van der Waals surface area contributed by atoms with Crippen LogP contribution >= 0.6 is 11.3 Å². The van der Waals surface area contributed by atoms with Gasteiger partial charge in [-0.25, -0.2) is 0 Å². The predicted molar refractivity (Wildman–Crippen MR) is 127 cm³/mol. The second kappa shape index (κ2) is 10.8. The van der Waals surface area contributed by atoms with Gasteiger partial charge in [-0.3, -0.25) is 9.59 Å². The van der Waals surface area contributed by atoms with E-state index in [0.717, 1.165) is 41.3 Å². The fraction of sp³-hybridized carbons (Fsp3) is 0.500. The molecule has 31 heavy (non-hydrogen) atoms. The Balaban J connectivity index is 1.85. The molecule has 0 spiro atoms. The van der Waals surface area contributed by atoms with Gasteiger partial charge in [-0.15, -0.1) is 11.3 Å². The van der Waals surface area contributed by atoms with Gasteiger partial charge in [0.15, 0.2) is 0 Å². The molecule has 168 valence electrons. The molecule has 1 atom stereocenters. The molecule has 3 rings (SSSR count). The number of nitrogens with one attached hydrogen (secondary N) is 1. The quantitative estimate of drug-likeness (QED) is 0.614. The molecular formula is C24H33N3O3S. The molecule has 1 saturated heterocycles. The van der Waals surface area contributed by atoms with Gasteiger partial charge in [0, 0.05) is 51.6 Å². The number of anilines is 2. The number of rotatable bonds is 9. The van der Waals surface area contributed by atoms with Crippen molar-refractivity contribution in [1.29, 1.82) is 0 Å². The highest BCUT2D eigenvalue weighted by Gasteiger charge is 2.25. The van der Waals surface area contributed by atoms with Crippen LogP contribution in [0.4, 0.5) is 11.4 Å². The lowest BCUT2D eigenvalue weighted by molar-refractivity contribution is -0.116. The summed E-state index contributed by atoms with van der Waals surface area (Å²) in [5, 5.41) is 4.92. The van der Waals surface area contributed by atoms with Crippen molar-refractivity contribution in [2.75, 3.05) is 37.5 Å². The number of carbonyl (C=O) groups excluding carboxylic acids is 2. The standard InChI is InChI=1S/C24H33N3O3S/c1-17(2)13-23(28)25-19-9-10-21(26(3)4)18(14-19)15-27(16-20-7-5-11-30-20)24(29)22-8-6-12-31-22/h6,8-10,12,14,17,20H,5,7,11,13,15-16H2,1-4H3,(H,25,28). The first kappa shape index (κ1) is 23.3. The van der Waals surface area contributed by atoms with E-state index in [0.29, 0.717) is 25.4 Å². The smallest absolute Gasteiger partial charge is 0.264 e. The number of nitrogens with zero attached hydrogens (tertiary/aromatic N) is 2. The Labute approximate surface area is 189 Å². The van der Waals surface area contributed by atoms with Crippen LogP contribution in [0.3, 0.4) is 0 Å². The van der Waals surface area contributed by atoms with E-state index in [1.54, 1.807) is 0 Å². The molecule has 2 amide bonds. The first-order chi connectivity index (χ1) is 14.8. The van der Waals surface area contributed by atoms with Gasteiger partial charge in [0.25, 0.3) is 5.91 Å². The molecule has 1 aliphatic rings. The summed E-state index contributed by atoms with van der Waals surface area (Å²) in [5.74, 6) is 0.319. The summed E-state index contributed by atoms with van der Waals surface area (Å²) in [7, 11) is 3.97. The minimum Gasteiger partial charge on any atom is -0.377 e. The lowest BCUT2D eigenvalue weighted by Gasteiger charge is -2.28. The van der Waals surface area contributed by atoms with Crippen LogP contribution in [0.25, 0.3) is 0 Å². The Morgan fingerprint density at radius 3 is 2.68 bits per heavy atom. The number of carbonyl (C=O) groups is 2. The average molecular weight is 444 g/mol. The zero-order valence-electron chi connectivity index (χ0n) is 18.9. The van der Waals surface area contributed by atoms with Crippen LogP contribution in [0.1, 0.15) is 48.3 Å². The number of benzene rings is 1. The average Bonchev–Trinajstić information content (AvgIpc) is 3.40. The maximum atomic E-state index is 13.3. The summed E-state index contributed by atoms with van der Waals surface area (Å²) < 4.78 is 5.82. The Hall–Kier alpha value is -2.38. The molecule has 1 N–H and O–H groups in total. The van der Waals surface area contributed by atoms with Gasteiger partial charge in [0.1, 0.15) is 0 Å². The molecule has 2 aromatic rings. The third-order valence-electron chi connectivity index (χ3n) is 5.27. The van der Waals surface area contributed by atoms with Gasteiger partial charge in [0.2, 0.25) is 5.91 Å². The lowest BCUT2D eigenvalue weighted by Crippen LogP contribution is -2.37. The van der Waals surface area contributed by atoms with Crippen molar-refractivity contribution in [2.24, 2.45) is 5.92 Å². The van der Waals surface area contributed by atoms with Gasteiger partial charge >= 0.3 is 0 Å². The molecule has 1 aliphatic heterocycles. The number of hydrogen-bond donors (Lipinski definition) is 1. The molecule has 1 aromatic heterocycles. The molecule has 7 heteroatoms. The number of ether oxygens (including phenoxy) is 1. The van der Waals surface area contributed by atoms with Crippen LogP contribution in [0.2, 0.25) is 0 Å². The number of amides is 2. The first-order valence-corrected chi connectivity index (χ1v) is 11.8. The SMILES string of the molecule is CC(C)CC(=O)Nc1ccc(N(C)C)c(CN(CC2CCCO2)C(=O)c2cccs2)c1. The van der Waals surface area contributed by atoms with Crippen molar-refractivity contribution in [3.05, 3.63) is 46.2 Å². The van der Waals surface area contributed by atoms with E-state index in [4.69, 9.17) is 4.74 Å². The molecule has 1 aromatic carbocycles. The van der Waals surface area contributed by atoms with E-state index in [1.165, 1.54) is 11.3 Å². The predicted octanol–water partition coefficient (Wildman–Crippen LogP) is 4.62.